The standard InChI is InChI=1S/C26H27FN4O2S/c1-19-6-5-7-21(16-19)17-29-12-14-30(15-13-29)25(33)11-10-22-18-34-26(28-22)31(20(2)32)24-9-4-3-8-23(24)27/h3-11,16,18H,12-15,17H2,1-2H3/b11-10+. The van der Waals surface area contributed by atoms with Crippen molar-refractivity contribution in [2.24, 2.45) is 0 Å². The van der Waals surface area contributed by atoms with Gasteiger partial charge in [0.05, 0.1) is 11.4 Å². The molecule has 176 valence electrons. The van der Waals surface area contributed by atoms with Crippen molar-refractivity contribution in [3.63, 3.8) is 0 Å². The number of hydrogen-bond acceptors (Lipinski definition) is 5. The molecule has 0 atom stereocenters. The summed E-state index contributed by atoms with van der Waals surface area (Å²) in [6, 6.07) is 14.6. The first-order chi connectivity index (χ1) is 16.4. The maximum absolute atomic E-state index is 14.2. The minimum Gasteiger partial charge on any atom is -0.337 e. The van der Waals surface area contributed by atoms with Crippen LogP contribution < -0.4 is 4.90 Å². The zero-order valence-corrected chi connectivity index (χ0v) is 20.1. The second-order valence-electron chi connectivity index (χ2n) is 8.28. The Morgan fingerprint density at radius 3 is 2.59 bits per heavy atom. The summed E-state index contributed by atoms with van der Waals surface area (Å²) < 4.78 is 14.2. The fraction of sp³-hybridized carbons (Fsp3) is 0.269. The van der Waals surface area contributed by atoms with Crippen LogP contribution in [0.15, 0.2) is 60.0 Å². The largest absolute Gasteiger partial charge is 0.337 e. The number of amides is 2. The Balaban J connectivity index is 1.35. The SMILES string of the molecule is CC(=O)N(c1nc(/C=C/C(=O)N2CCN(Cc3cccc(C)c3)CC2)cs1)c1ccccc1F. The highest BCUT2D eigenvalue weighted by Crippen LogP contribution is 2.31. The minimum absolute atomic E-state index is 0.0673. The third-order valence-electron chi connectivity index (χ3n) is 5.68. The van der Waals surface area contributed by atoms with E-state index in [1.807, 2.05) is 4.90 Å². The number of halogens is 1. The Labute approximate surface area is 202 Å². The number of para-hydroxylation sites is 1. The molecule has 0 N–H and O–H groups in total. The lowest BCUT2D eigenvalue weighted by atomic mass is 10.1. The van der Waals surface area contributed by atoms with Crippen molar-refractivity contribution in [2.45, 2.75) is 20.4 Å². The maximum Gasteiger partial charge on any atom is 0.246 e. The van der Waals surface area contributed by atoms with Crippen LogP contribution in [0.25, 0.3) is 6.08 Å². The van der Waals surface area contributed by atoms with Gasteiger partial charge in [0.15, 0.2) is 5.13 Å². The molecule has 8 heteroatoms. The van der Waals surface area contributed by atoms with Crippen molar-refractivity contribution in [2.75, 3.05) is 31.1 Å². The highest BCUT2D eigenvalue weighted by atomic mass is 32.1. The molecule has 6 nitrogen and oxygen atoms in total. The summed E-state index contributed by atoms with van der Waals surface area (Å²) in [5.74, 6) is -0.904. The van der Waals surface area contributed by atoms with Crippen LogP contribution >= 0.6 is 11.3 Å². The molecule has 1 aliphatic rings. The lowest BCUT2D eigenvalue weighted by Crippen LogP contribution is -2.47. The van der Waals surface area contributed by atoms with E-state index >= 15 is 0 Å². The highest BCUT2D eigenvalue weighted by molar-refractivity contribution is 7.14. The number of anilines is 2. The molecule has 0 spiro atoms. The summed E-state index contributed by atoms with van der Waals surface area (Å²) in [6.45, 7) is 7.33. The first kappa shape index (κ1) is 23.8. The molecule has 0 saturated carbocycles. The van der Waals surface area contributed by atoms with Crippen molar-refractivity contribution in [3.05, 3.63) is 82.6 Å². The van der Waals surface area contributed by atoms with Crippen molar-refractivity contribution in [1.82, 2.24) is 14.8 Å². The predicted molar refractivity (Wildman–Crippen MR) is 133 cm³/mol. The Morgan fingerprint density at radius 1 is 1.12 bits per heavy atom. The van der Waals surface area contributed by atoms with Crippen molar-refractivity contribution in [3.8, 4) is 0 Å². The van der Waals surface area contributed by atoms with E-state index < -0.39 is 5.82 Å². The van der Waals surface area contributed by atoms with E-state index in [0.717, 1.165) is 19.6 Å². The molecule has 2 aromatic carbocycles. The van der Waals surface area contributed by atoms with E-state index in [-0.39, 0.29) is 17.5 Å². The van der Waals surface area contributed by atoms with Crippen molar-refractivity contribution >= 4 is 40.0 Å². The molecule has 0 unspecified atom stereocenters. The molecular formula is C26H27FN4O2S. The zero-order valence-electron chi connectivity index (χ0n) is 19.3. The first-order valence-electron chi connectivity index (χ1n) is 11.2. The van der Waals surface area contributed by atoms with Gasteiger partial charge in [-0.2, -0.15) is 0 Å². The van der Waals surface area contributed by atoms with Gasteiger partial charge in [0.1, 0.15) is 5.82 Å². The third kappa shape index (κ3) is 5.76. The Morgan fingerprint density at radius 2 is 1.88 bits per heavy atom. The minimum atomic E-state index is -0.498. The molecule has 0 radical (unpaired) electrons. The molecule has 2 amide bonds. The summed E-state index contributed by atoms with van der Waals surface area (Å²) in [5, 5.41) is 2.10. The van der Waals surface area contributed by atoms with Gasteiger partial charge in [0.2, 0.25) is 11.8 Å². The zero-order chi connectivity index (χ0) is 24.1. The van der Waals surface area contributed by atoms with Gasteiger partial charge in [-0.3, -0.25) is 19.4 Å². The second-order valence-corrected chi connectivity index (χ2v) is 9.12. The topological polar surface area (TPSA) is 56.8 Å². The van der Waals surface area contributed by atoms with E-state index in [4.69, 9.17) is 0 Å². The predicted octanol–water partition coefficient (Wildman–Crippen LogP) is 4.63. The van der Waals surface area contributed by atoms with Crippen LogP contribution in [0.2, 0.25) is 0 Å². The number of rotatable bonds is 6. The number of benzene rings is 2. The van der Waals surface area contributed by atoms with Crippen LogP contribution in [0.1, 0.15) is 23.7 Å². The average molecular weight is 479 g/mol. The van der Waals surface area contributed by atoms with E-state index in [0.29, 0.717) is 23.9 Å². The quantitative estimate of drug-likeness (QED) is 0.485. The molecule has 1 saturated heterocycles. The smallest absolute Gasteiger partial charge is 0.246 e. The second kappa shape index (κ2) is 10.7. The fourth-order valence-corrected chi connectivity index (χ4v) is 4.80. The lowest BCUT2D eigenvalue weighted by molar-refractivity contribution is -0.127. The lowest BCUT2D eigenvalue weighted by Gasteiger charge is -2.34. The molecule has 4 rings (SSSR count). The van der Waals surface area contributed by atoms with E-state index in [1.54, 1.807) is 23.6 Å². The van der Waals surface area contributed by atoms with Crippen LogP contribution in [0, 0.1) is 12.7 Å². The number of piperazine rings is 1. The van der Waals surface area contributed by atoms with E-state index in [1.165, 1.54) is 52.5 Å². The van der Waals surface area contributed by atoms with Crippen LogP contribution in [0.5, 0.6) is 0 Å². The molecule has 0 bridgehead atoms. The summed E-state index contributed by atoms with van der Waals surface area (Å²) in [7, 11) is 0. The van der Waals surface area contributed by atoms with Gasteiger partial charge < -0.3 is 4.90 Å². The molecule has 3 aromatic rings. The summed E-state index contributed by atoms with van der Waals surface area (Å²) in [6.07, 6.45) is 3.15. The third-order valence-corrected chi connectivity index (χ3v) is 6.52. The molecule has 1 aromatic heterocycles. The van der Waals surface area contributed by atoms with Gasteiger partial charge >= 0.3 is 0 Å². The molecular weight excluding hydrogens is 451 g/mol. The molecule has 1 fully saturated rings. The monoisotopic (exact) mass is 478 g/mol. The summed E-state index contributed by atoms with van der Waals surface area (Å²) in [4.78, 5) is 34.7. The number of nitrogens with zero attached hydrogens (tertiary/aromatic N) is 4. The van der Waals surface area contributed by atoms with Gasteiger partial charge in [-0.15, -0.1) is 11.3 Å². The van der Waals surface area contributed by atoms with Crippen LogP contribution in [-0.4, -0.2) is 52.8 Å². The van der Waals surface area contributed by atoms with Crippen LogP contribution in [-0.2, 0) is 16.1 Å². The van der Waals surface area contributed by atoms with Crippen molar-refractivity contribution in [1.29, 1.82) is 0 Å². The summed E-state index contributed by atoms with van der Waals surface area (Å²) in [5.41, 5.74) is 3.24. The number of thiazole rings is 1. The Bertz CT molecular complexity index is 1200. The van der Waals surface area contributed by atoms with Crippen LogP contribution in [0.4, 0.5) is 15.2 Å². The number of aryl methyl sites for hydroxylation is 1. The molecule has 2 heterocycles. The number of aromatic nitrogens is 1. The van der Waals surface area contributed by atoms with Gasteiger partial charge in [-0.05, 0) is 30.7 Å². The number of hydrogen-bond donors (Lipinski definition) is 0. The van der Waals surface area contributed by atoms with E-state index in [9.17, 15) is 14.0 Å². The number of carbonyl (C=O) groups excluding carboxylic acids is 2. The summed E-state index contributed by atoms with van der Waals surface area (Å²) >= 11 is 1.22. The van der Waals surface area contributed by atoms with E-state index in [2.05, 4.69) is 41.1 Å². The van der Waals surface area contributed by atoms with Gasteiger partial charge in [0, 0.05) is 51.1 Å². The average Bonchev–Trinajstić information content (AvgIpc) is 3.27. The Kier molecular flexibility index (Phi) is 7.49. The van der Waals surface area contributed by atoms with Crippen LogP contribution in [0.3, 0.4) is 0 Å². The van der Waals surface area contributed by atoms with Gasteiger partial charge in [0.25, 0.3) is 0 Å². The highest BCUT2D eigenvalue weighted by Gasteiger charge is 2.22. The molecule has 34 heavy (non-hydrogen) atoms. The van der Waals surface area contributed by atoms with Crippen molar-refractivity contribution < 1.29 is 14.0 Å². The maximum atomic E-state index is 14.2. The van der Waals surface area contributed by atoms with Gasteiger partial charge in [-0.1, -0.05) is 42.0 Å². The normalized spacial score (nSPS) is 14.5. The Hall–Kier alpha value is -3.36. The molecule has 1 aliphatic heterocycles. The molecule has 0 aliphatic carbocycles. The first-order valence-corrected chi connectivity index (χ1v) is 12.0. The number of carbonyl (C=O) groups is 2. The fourth-order valence-electron chi connectivity index (χ4n) is 3.95. The van der Waals surface area contributed by atoms with Gasteiger partial charge in [-0.25, -0.2) is 9.37 Å².